The van der Waals surface area contributed by atoms with Gasteiger partial charge >= 0.3 is 0 Å². The van der Waals surface area contributed by atoms with Gasteiger partial charge < -0.3 is 4.98 Å². The molecule has 178 valence electrons. The van der Waals surface area contributed by atoms with Crippen molar-refractivity contribution in [3.63, 3.8) is 0 Å². The van der Waals surface area contributed by atoms with E-state index in [0.29, 0.717) is 0 Å². The lowest BCUT2D eigenvalue weighted by atomic mass is 9.97. The van der Waals surface area contributed by atoms with E-state index in [2.05, 4.69) is 39.4 Å². The highest BCUT2D eigenvalue weighted by Gasteiger charge is 2.15. The highest BCUT2D eigenvalue weighted by atomic mass is 19.1. The van der Waals surface area contributed by atoms with Crippen molar-refractivity contribution in [2.75, 3.05) is 0 Å². The average Bonchev–Trinajstić information content (AvgIpc) is 3.47. The third-order valence-corrected chi connectivity index (χ3v) is 5.43. The van der Waals surface area contributed by atoms with E-state index in [9.17, 15) is 4.39 Å². The lowest BCUT2D eigenvalue weighted by Crippen LogP contribution is -2.23. The van der Waals surface area contributed by atoms with E-state index in [1.165, 1.54) is 12.1 Å². The summed E-state index contributed by atoms with van der Waals surface area (Å²) in [5.41, 5.74) is 7.08. The van der Waals surface area contributed by atoms with Gasteiger partial charge in [0.1, 0.15) is 11.5 Å². The summed E-state index contributed by atoms with van der Waals surface area (Å²) in [4.78, 5) is 7.86. The Labute approximate surface area is 206 Å². The first kappa shape index (κ1) is 25.4. The number of halogens is 1. The summed E-state index contributed by atoms with van der Waals surface area (Å²) in [6, 6.07) is 14.3. The van der Waals surface area contributed by atoms with Crippen molar-refractivity contribution in [1.82, 2.24) is 20.2 Å². The van der Waals surface area contributed by atoms with E-state index in [-0.39, 0.29) is 5.82 Å². The van der Waals surface area contributed by atoms with Crippen molar-refractivity contribution in [1.29, 1.82) is 0 Å². The molecule has 0 radical (unpaired) electrons. The number of aryl methyl sites for hydroxylation is 1. The minimum atomic E-state index is -0.267. The van der Waals surface area contributed by atoms with Gasteiger partial charge in [-0.05, 0) is 67.0 Å². The Balaban J connectivity index is 0.00000167. The van der Waals surface area contributed by atoms with Crippen LogP contribution in [0.25, 0.3) is 34.7 Å². The largest absolute Gasteiger partial charge is 0.357 e. The number of nitrogens with zero attached hydrogens (tertiary/aromatic N) is 2. The molecular formula is C30H31FN4. The van der Waals surface area contributed by atoms with Gasteiger partial charge in [-0.1, -0.05) is 63.4 Å². The van der Waals surface area contributed by atoms with E-state index in [1.54, 1.807) is 24.4 Å². The molecule has 0 atom stereocenters. The first-order valence-corrected chi connectivity index (χ1v) is 11.6. The molecule has 0 aliphatic heterocycles. The van der Waals surface area contributed by atoms with Crippen molar-refractivity contribution in [3.05, 3.63) is 119 Å². The van der Waals surface area contributed by atoms with Crippen molar-refractivity contribution in [2.24, 2.45) is 0 Å². The number of aromatic nitrogens is 4. The predicted molar refractivity (Wildman–Crippen MR) is 145 cm³/mol. The van der Waals surface area contributed by atoms with Crippen LogP contribution in [0.3, 0.4) is 0 Å². The lowest BCUT2D eigenvalue weighted by Gasteiger charge is -2.07. The molecule has 0 bridgehead atoms. The normalized spacial score (nSPS) is 12.3. The summed E-state index contributed by atoms with van der Waals surface area (Å²) in [5, 5.41) is 9.52. The van der Waals surface area contributed by atoms with E-state index >= 15 is 0 Å². The summed E-state index contributed by atoms with van der Waals surface area (Å²) in [6.07, 6.45) is 9.39. The Morgan fingerprint density at radius 3 is 2.46 bits per heavy atom. The van der Waals surface area contributed by atoms with Crippen LogP contribution in [0.2, 0.25) is 0 Å². The van der Waals surface area contributed by atoms with Crippen LogP contribution in [-0.2, 0) is 0 Å². The molecule has 0 fully saturated rings. The number of H-pyrrole nitrogens is 2. The molecule has 3 aromatic heterocycles. The van der Waals surface area contributed by atoms with Crippen LogP contribution in [0.15, 0.2) is 80.0 Å². The Morgan fingerprint density at radius 1 is 1.09 bits per heavy atom. The number of nitrogens with one attached hydrogen (secondary N) is 2. The lowest BCUT2D eigenvalue weighted by molar-refractivity contribution is 0.627. The third kappa shape index (κ3) is 5.64. The van der Waals surface area contributed by atoms with Crippen molar-refractivity contribution in [3.8, 4) is 11.4 Å². The average molecular weight is 467 g/mol. The number of hydrogen-bond donors (Lipinski definition) is 2. The summed E-state index contributed by atoms with van der Waals surface area (Å²) in [5.74, 6) is -0.267. The fraction of sp³-hybridized carbons (Fsp3) is 0.133. The maximum absolute atomic E-state index is 13.5. The van der Waals surface area contributed by atoms with E-state index < -0.39 is 0 Å². The molecule has 0 saturated carbocycles. The maximum atomic E-state index is 13.5. The molecule has 5 heteroatoms. The van der Waals surface area contributed by atoms with Crippen LogP contribution in [0, 0.1) is 12.7 Å². The molecule has 0 saturated heterocycles. The Bertz CT molecular complexity index is 1450. The highest BCUT2D eigenvalue weighted by molar-refractivity contribution is 5.87. The first-order chi connectivity index (χ1) is 17.0. The molecule has 4 aromatic rings. The smallest absolute Gasteiger partial charge is 0.123 e. The number of allylic oxidation sites excluding steroid dienone is 3. The fourth-order valence-corrected chi connectivity index (χ4v) is 3.79. The van der Waals surface area contributed by atoms with Gasteiger partial charge in [-0.3, -0.25) is 10.1 Å². The predicted octanol–water partition coefficient (Wildman–Crippen LogP) is 6.19. The summed E-state index contributed by atoms with van der Waals surface area (Å²) in [6.45, 7) is 16.0. The molecule has 0 spiro atoms. The number of aromatic amines is 2. The third-order valence-electron chi connectivity index (χ3n) is 5.43. The minimum absolute atomic E-state index is 0.267. The second kappa shape index (κ2) is 11.7. The molecule has 0 amide bonds. The molecule has 0 aliphatic rings. The number of pyridine rings is 1. The maximum Gasteiger partial charge on any atom is 0.123 e. The zero-order valence-corrected chi connectivity index (χ0v) is 20.7. The van der Waals surface area contributed by atoms with Gasteiger partial charge in [0.05, 0.1) is 16.7 Å². The van der Waals surface area contributed by atoms with Crippen LogP contribution < -0.4 is 10.6 Å². The zero-order valence-electron chi connectivity index (χ0n) is 20.7. The molecular weight excluding hydrogens is 435 g/mol. The Kier molecular flexibility index (Phi) is 8.52. The molecule has 3 heterocycles. The molecule has 0 unspecified atom stereocenters. The van der Waals surface area contributed by atoms with Gasteiger partial charge in [-0.15, -0.1) is 0 Å². The van der Waals surface area contributed by atoms with Crippen LogP contribution in [0.4, 0.5) is 4.39 Å². The van der Waals surface area contributed by atoms with Crippen molar-refractivity contribution in [2.45, 2.75) is 27.7 Å². The molecule has 0 aliphatic carbocycles. The molecule has 2 N–H and O–H groups in total. The van der Waals surface area contributed by atoms with Gasteiger partial charge in [0.15, 0.2) is 0 Å². The molecule has 4 nitrogen and oxygen atoms in total. The van der Waals surface area contributed by atoms with Crippen LogP contribution in [-0.4, -0.2) is 20.2 Å². The van der Waals surface area contributed by atoms with E-state index in [0.717, 1.165) is 55.6 Å². The monoisotopic (exact) mass is 466 g/mol. The second-order valence-electron chi connectivity index (χ2n) is 7.62. The quantitative estimate of drug-likeness (QED) is 0.333. The van der Waals surface area contributed by atoms with Crippen LogP contribution in [0.5, 0.6) is 0 Å². The van der Waals surface area contributed by atoms with E-state index in [4.69, 9.17) is 0 Å². The van der Waals surface area contributed by atoms with E-state index in [1.807, 2.05) is 64.1 Å². The van der Waals surface area contributed by atoms with Gasteiger partial charge in [-0.25, -0.2) is 4.39 Å². The summed E-state index contributed by atoms with van der Waals surface area (Å²) >= 11 is 0. The SMILES string of the molecule is C=C/C=C(/c1ccc(F)cc1)c1cc(-c2n[nH]c(=C/C)/c2=C\C(=C)c2ccccn2)[nH]c1C.CC. The second-order valence-corrected chi connectivity index (χ2v) is 7.62. The zero-order chi connectivity index (χ0) is 25.4. The van der Waals surface area contributed by atoms with Gasteiger partial charge in [0, 0.05) is 22.7 Å². The van der Waals surface area contributed by atoms with Gasteiger partial charge in [-0.2, -0.15) is 5.10 Å². The number of benzene rings is 1. The topological polar surface area (TPSA) is 57.4 Å². The van der Waals surface area contributed by atoms with Gasteiger partial charge in [0.2, 0.25) is 0 Å². The van der Waals surface area contributed by atoms with Crippen molar-refractivity contribution < 1.29 is 4.39 Å². The van der Waals surface area contributed by atoms with Crippen LogP contribution >= 0.6 is 0 Å². The fourth-order valence-electron chi connectivity index (χ4n) is 3.79. The van der Waals surface area contributed by atoms with Crippen LogP contribution in [0.1, 0.15) is 43.3 Å². The molecule has 4 rings (SSSR count). The molecule has 1 aromatic carbocycles. The Hall–Kier alpha value is -4.25. The highest BCUT2D eigenvalue weighted by Crippen LogP contribution is 2.29. The summed E-state index contributed by atoms with van der Waals surface area (Å²) < 4.78 is 13.5. The Morgan fingerprint density at radius 2 is 1.83 bits per heavy atom. The number of hydrogen-bond acceptors (Lipinski definition) is 2. The molecule has 35 heavy (non-hydrogen) atoms. The van der Waals surface area contributed by atoms with Crippen molar-refractivity contribution >= 4 is 23.3 Å². The first-order valence-electron chi connectivity index (χ1n) is 11.6. The standard InChI is InChI=1S/C28H25FN4.C2H6/c1-5-9-22(20-11-13-21(29)14-12-20)23-17-27(31-19(23)4)28-24(25(6-2)32-33-28)16-18(3)26-10-7-8-15-30-26;1-2/h5-17,31-32H,1,3H2,2,4H3;1-2H3/b22-9-,24-16+,25-6+;. The van der Waals surface area contributed by atoms with Gasteiger partial charge in [0.25, 0.3) is 0 Å². The minimum Gasteiger partial charge on any atom is -0.357 e. The number of rotatable bonds is 6. The summed E-state index contributed by atoms with van der Waals surface area (Å²) in [7, 11) is 0.